The number of rotatable bonds is 3. The van der Waals surface area contributed by atoms with E-state index < -0.39 is 12.4 Å². The van der Waals surface area contributed by atoms with Crippen LogP contribution in [0.1, 0.15) is 16.8 Å². The van der Waals surface area contributed by atoms with Gasteiger partial charge in [-0.1, -0.05) is 12.1 Å². The maximum Gasteiger partial charge on any atom is 0.311 e. The third-order valence-corrected chi connectivity index (χ3v) is 2.19. The summed E-state index contributed by atoms with van der Waals surface area (Å²) in [5.74, 6) is -1.48. The van der Waals surface area contributed by atoms with Crippen molar-refractivity contribution in [1.82, 2.24) is 4.98 Å². The molecule has 0 radical (unpaired) electrons. The van der Waals surface area contributed by atoms with Gasteiger partial charge in [0.2, 0.25) is 0 Å². The number of aromatic nitrogens is 1. The Labute approximate surface area is 85.5 Å². The Bertz CT molecular complexity index is 527. The van der Waals surface area contributed by atoms with Gasteiger partial charge in [-0.25, -0.2) is 0 Å². The van der Waals surface area contributed by atoms with Gasteiger partial charge >= 0.3 is 5.97 Å². The van der Waals surface area contributed by atoms with Crippen molar-refractivity contribution in [3.05, 3.63) is 36.0 Å². The first-order valence-electron chi connectivity index (χ1n) is 4.49. The smallest absolute Gasteiger partial charge is 0.311 e. The summed E-state index contributed by atoms with van der Waals surface area (Å²) in [6.07, 6.45) is 1.31. The number of hydrogen-bond acceptors (Lipinski definition) is 2. The Morgan fingerprint density at radius 2 is 2.07 bits per heavy atom. The lowest BCUT2D eigenvalue weighted by molar-refractivity contribution is -0.135. The number of nitrogens with one attached hydrogen (secondary N) is 1. The number of ketones is 1. The molecule has 4 heteroatoms. The minimum absolute atomic E-state index is 0.376. The molecular weight excluding hydrogens is 194 g/mol. The zero-order valence-electron chi connectivity index (χ0n) is 7.86. The van der Waals surface area contributed by atoms with Crippen LogP contribution in [-0.2, 0) is 4.79 Å². The number of aromatic amines is 1. The topological polar surface area (TPSA) is 70.2 Å². The van der Waals surface area contributed by atoms with Crippen LogP contribution in [0.5, 0.6) is 0 Å². The molecule has 2 rings (SSSR count). The van der Waals surface area contributed by atoms with E-state index in [9.17, 15) is 9.59 Å². The van der Waals surface area contributed by atoms with Crippen LogP contribution in [-0.4, -0.2) is 21.8 Å². The van der Waals surface area contributed by atoms with Crippen molar-refractivity contribution in [1.29, 1.82) is 0 Å². The number of fused-ring (bicyclic) bond motifs is 1. The first-order chi connectivity index (χ1) is 7.16. The molecular formula is C11H9NO3. The minimum Gasteiger partial charge on any atom is -0.481 e. The number of benzene rings is 1. The average molecular weight is 203 g/mol. The summed E-state index contributed by atoms with van der Waals surface area (Å²) in [5.41, 5.74) is 1.26. The molecule has 0 fully saturated rings. The maximum atomic E-state index is 11.4. The zero-order chi connectivity index (χ0) is 10.8. The highest BCUT2D eigenvalue weighted by Crippen LogP contribution is 2.15. The molecule has 1 aromatic carbocycles. The van der Waals surface area contributed by atoms with Gasteiger partial charge in [-0.2, -0.15) is 0 Å². The van der Waals surface area contributed by atoms with Crippen LogP contribution in [0, 0.1) is 0 Å². The van der Waals surface area contributed by atoms with E-state index >= 15 is 0 Å². The van der Waals surface area contributed by atoms with Gasteiger partial charge in [0.15, 0.2) is 5.78 Å². The van der Waals surface area contributed by atoms with Gasteiger partial charge < -0.3 is 10.1 Å². The molecule has 2 aromatic rings. The van der Waals surface area contributed by atoms with E-state index in [4.69, 9.17) is 5.11 Å². The molecule has 0 saturated carbocycles. The van der Waals surface area contributed by atoms with Crippen molar-refractivity contribution in [3.63, 3.8) is 0 Å². The van der Waals surface area contributed by atoms with Gasteiger partial charge in [0, 0.05) is 17.3 Å². The van der Waals surface area contributed by atoms with E-state index in [-0.39, 0.29) is 5.78 Å². The first kappa shape index (κ1) is 9.45. The number of Topliss-reactive ketones (excluding diaryl/α,β-unsaturated/α-hetero) is 1. The van der Waals surface area contributed by atoms with Crippen molar-refractivity contribution in [2.24, 2.45) is 0 Å². The van der Waals surface area contributed by atoms with Crippen LogP contribution >= 0.6 is 0 Å². The van der Waals surface area contributed by atoms with Crippen molar-refractivity contribution < 1.29 is 14.7 Å². The van der Waals surface area contributed by atoms with Gasteiger partial charge in [0.1, 0.15) is 6.42 Å². The van der Waals surface area contributed by atoms with Crippen LogP contribution in [0.3, 0.4) is 0 Å². The Morgan fingerprint density at radius 3 is 2.80 bits per heavy atom. The second-order valence-electron chi connectivity index (χ2n) is 3.27. The highest BCUT2D eigenvalue weighted by Gasteiger charge is 2.10. The van der Waals surface area contributed by atoms with E-state index in [1.54, 1.807) is 24.4 Å². The molecule has 0 aliphatic rings. The molecule has 0 saturated heterocycles. The summed E-state index contributed by atoms with van der Waals surface area (Å²) in [6.45, 7) is 0. The average Bonchev–Trinajstić information content (AvgIpc) is 2.62. The number of H-pyrrole nitrogens is 1. The summed E-state index contributed by atoms with van der Waals surface area (Å²) < 4.78 is 0. The predicted molar refractivity (Wildman–Crippen MR) is 54.9 cm³/mol. The lowest BCUT2D eigenvalue weighted by Crippen LogP contribution is -2.06. The molecule has 0 amide bonds. The second kappa shape index (κ2) is 3.57. The van der Waals surface area contributed by atoms with Crippen LogP contribution in [0.2, 0.25) is 0 Å². The SMILES string of the molecule is O=C(O)CC(=O)c1ccc2cc[nH]c2c1. The first-order valence-corrected chi connectivity index (χ1v) is 4.49. The van der Waals surface area contributed by atoms with E-state index in [0.29, 0.717) is 5.56 Å². The third kappa shape index (κ3) is 1.88. The number of carboxylic acid groups (broad SMARTS) is 1. The highest BCUT2D eigenvalue weighted by atomic mass is 16.4. The number of carboxylic acids is 1. The van der Waals surface area contributed by atoms with Gasteiger partial charge in [-0.05, 0) is 17.5 Å². The number of carbonyl (C=O) groups excluding carboxylic acids is 1. The summed E-state index contributed by atoms with van der Waals surface area (Å²) in [4.78, 5) is 24.8. The molecule has 0 atom stereocenters. The van der Waals surface area contributed by atoms with E-state index in [0.717, 1.165) is 10.9 Å². The molecule has 1 heterocycles. The fourth-order valence-electron chi connectivity index (χ4n) is 1.46. The largest absolute Gasteiger partial charge is 0.481 e. The molecule has 2 N–H and O–H groups in total. The fraction of sp³-hybridized carbons (Fsp3) is 0.0909. The monoisotopic (exact) mass is 203 g/mol. The van der Waals surface area contributed by atoms with Crippen LogP contribution in [0.25, 0.3) is 10.9 Å². The van der Waals surface area contributed by atoms with E-state index in [1.807, 2.05) is 6.07 Å². The van der Waals surface area contributed by atoms with Gasteiger partial charge in [-0.15, -0.1) is 0 Å². The summed E-state index contributed by atoms with van der Waals surface area (Å²) >= 11 is 0. The van der Waals surface area contributed by atoms with Crippen LogP contribution in [0.4, 0.5) is 0 Å². The Morgan fingerprint density at radius 1 is 1.27 bits per heavy atom. The number of hydrogen-bond donors (Lipinski definition) is 2. The maximum absolute atomic E-state index is 11.4. The predicted octanol–water partition coefficient (Wildman–Crippen LogP) is 1.83. The fourth-order valence-corrected chi connectivity index (χ4v) is 1.46. The number of carbonyl (C=O) groups is 2. The van der Waals surface area contributed by atoms with Crippen LogP contribution < -0.4 is 0 Å². The molecule has 0 unspecified atom stereocenters. The Kier molecular flexibility index (Phi) is 2.25. The van der Waals surface area contributed by atoms with Crippen molar-refractivity contribution in [2.45, 2.75) is 6.42 Å². The molecule has 4 nitrogen and oxygen atoms in total. The molecule has 1 aromatic heterocycles. The highest BCUT2D eigenvalue weighted by molar-refractivity contribution is 6.07. The second-order valence-corrected chi connectivity index (χ2v) is 3.27. The van der Waals surface area contributed by atoms with Crippen molar-refractivity contribution in [3.8, 4) is 0 Å². The third-order valence-electron chi connectivity index (χ3n) is 2.19. The lowest BCUT2D eigenvalue weighted by Gasteiger charge is -1.98. The molecule has 0 aliphatic heterocycles. The van der Waals surface area contributed by atoms with Gasteiger partial charge in [0.25, 0.3) is 0 Å². The van der Waals surface area contributed by atoms with Gasteiger partial charge in [0.05, 0.1) is 0 Å². The molecule has 15 heavy (non-hydrogen) atoms. The molecule has 76 valence electrons. The van der Waals surface area contributed by atoms with Gasteiger partial charge in [-0.3, -0.25) is 9.59 Å². The van der Waals surface area contributed by atoms with Crippen LogP contribution in [0.15, 0.2) is 30.5 Å². The standard InChI is InChI=1S/C11H9NO3/c13-10(6-11(14)15)8-2-1-7-3-4-12-9(7)5-8/h1-5,12H,6H2,(H,14,15). The molecule has 0 aliphatic carbocycles. The summed E-state index contributed by atoms with van der Waals surface area (Å²) in [6, 6.07) is 6.99. The van der Waals surface area contributed by atoms with E-state index in [1.165, 1.54) is 0 Å². The normalized spacial score (nSPS) is 10.4. The quantitative estimate of drug-likeness (QED) is 0.590. The Hall–Kier alpha value is -2.10. The van der Waals surface area contributed by atoms with Crippen molar-refractivity contribution in [2.75, 3.05) is 0 Å². The number of aliphatic carboxylic acids is 1. The summed E-state index contributed by atoms with van der Waals surface area (Å²) in [5, 5.41) is 9.49. The lowest BCUT2D eigenvalue weighted by atomic mass is 10.1. The molecule has 0 bridgehead atoms. The summed E-state index contributed by atoms with van der Waals surface area (Å²) in [7, 11) is 0. The Balaban J connectivity index is 2.35. The van der Waals surface area contributed by atoms with Crippen molar-refractivity contribution >= 4 is 22.7 Å². The minimum atomic E-state index is -1.11. The zero-order valence-corrected chi connectivity index (χ0v) is 7.86. The molecule has 0 spiro atoms. The van der Waals surface area contributed by atoms with E-state index in [2.05, 4.69) is 4.98 Å².